The second-order valence-corrected chi connectivity index (χ2v) is 5.55. The van der Waals surface area contributed by atoms with E-state index in [1.807, 2.05) is 38.4 Å². The van der Waals surface area contributed by atoms with Crippen LogP contribution >= 0.6 is 0 Å². The Morgan fingerprint density at radius 3 is 2.43 bits per heavy atom. The van der Waals surface area contributed by atoms with Gasteiger partial charge in [-0.15, -0.1) is 0 Å². The molecule has 4 nitrogen and oxygen atoms in total. The number of pyridine rings is 1. The van der Waals surface area contributed by atoms with E-state index in [4.69, 9.17) is 9.47 Å². The first kappa shape index (κ1) is 15.2. The van der Waals surface area contributed by atoms with Crippen molar-refractivity contribution in [3.8, 4) is 22.9 Å². The van der Waals surface area contributed by atoms with Gasteiger partial charge in [-0.2, -0.15) is 0 Å². The summed E-state index contributed by atoms with van der Waals surface area (Å²) in [5.74, 6) is 1.44. The SMILES string of the molecule is COc1ccc2c(OC)nc(-c3cccc(N(C)C)c3)cc2c1. The molecule has 0 atom stereocenters. The van der Waals surface area contributed by atoms with E-state index in [1.165, 1.54) is 0 Å². The van der Waals surface area contributed by atoms with Crippen molar-refractivity contribution in [2.24, 2.45) is 0 Å². The maximum absolute atomic E-state index is 5.48. The number of hydrogen-bond donors (Lipinski definition) is 0. The Balaban J connectivity index is 2.19. The molecule has 0 radical (unpaired) electrons. The molecule has 0 saturated heterocycles. The monoisotopic (exact) mass is 308 g/mol. The van der Waals surface area contributed by atoms with E-state index >= 15 is 0 Å². The predicted octanol–water partition coefficient (Wildman–Crippen LogP) is 3.99. The van der Waals surface area contributed by atoms with Gasteiger partial charge in [0.2, 0.25) is 5.88 Å². The molecule has 2 aromatic carbocycles. The normalized spacial score (nSPS) is 10.6. The van der Waals surface area contributed by atoms with Crippen LogP contribution in [0.4, 0.5) is 5.69 Å². The third kappa shape index (κ3) is 2.93. The molecular weight excluding hydrogens is 288 g/mol. The van der Waals surface area contributed by atoms with E-state index < -0.39 is 0 Å². The van der Waals surface area contributed by atoms with Crippen LogP contribution in [-0.2, 0) is 0 Å². The summed E-state index contributed by atoms with van der Waals surface area (Å²) >= 11 is 0. The molecule has 3 rings (SSSR count). The molecule has 0 saturated carbocycles. The van der Waals surface area contributed by atoms with Crippen LogP contribution in [0.25, 0.3) is 22.0 Å². The van der Waals surface area contributed by atoms with Crippen molar-refractivity contribution in [2.45, 2.75) is 0 Å². The third-order valence-corrected chi connectivity index (χ3v) is 3.86. The van der Waals surface area contributed by atoms with Gasteiger partial charge in [-0.25, -0.2) is 4.98 Å². The van der Waals surface area contributed by atoms with Crippen LogP contribution in [0, 0.1) is 0 Å². The van der Waals surface area contributed by atoms with Crippen LogP contribution < -0.4 is 14.4 Å². The van der Waals surface area contributed by atoms with E-state index in [-0.39, 0.29) is 0 Å². The molecule has 118 valence electrons. The molecule has 0 amide bonds. The summed E-state index contributed by atoms with van der Waals surface area (Å²) in [4.78, 5) is 6.74. The van der Waals surface area contributed by atoms with Crippen molar-refractivity contribution in [3.05, 3.63) is 48.5 Å². The fourth-order valence-corrected chi connectivity index (χ4v) is 2.58. The molecule has 3 aromatic rings. The van der Waals surface area contributed by atoms with Crippen molar-refractivity contribution in [2.75, 3.05) is 33.2 Å². The zero-order valence-electron chi connectivity index (χ0n) is 13.8. The predicted molar refractivity (Wildman–Crippen MR) is 94.6 cm³/mol. The second kappa shape index (κ2) is 6.16. The number of rotatable bonds is 4. The minimum Gasteiger partial charge on any atom is -0.497 e. The number of anilines is 1. The molecule has 4 heteroatoms. The Morgan fingerprint density at radius 1 is 0.913 bits per heavy atom. The number of fused-ring (bicyclic) bond motifs is 1. The van der Waals surface area contributed by atoms with Crippen LogP contribution in [0.5, 0.6) is 11.6 Å². The molecule has 23 heavy (non-hydrogen) atoms. The summed E-state index contributed by atoms with van der Waals surface area (Å²) in [7, 11) is 7.36. The smallest absolute Gasteiger partial charge is 0.221 e. The Hall–Kier alpha value is -2.75. The first-order valence-corrected chi connectivity index (χ1v) is 7.43. The summed E-state index contributed by atoms with van der Waals surface area (Å²) in [6.45, 7) is 0. The number of hydrogen-bond acceptors (Lipinski definition) is 4. The molecule has 0 bridgehead atoms. The Bertz CT molecular complexity index is 844. The molecule has 1 aromatic heterocycles. The minimum atomic E-state index is 0.621. The van der Waals surface area contributed by atoms with E-state index in [0.29, 0.717) is 5.88 Å². The Labute approximate surface area is 136 Å². The van der Waals surface area contributed by atoms with Crippen LogP contribution in [0.2, 0.25) is 0 Å². The van der Waals surface area contributed by atoms with Crippen LogP contribution in [0.1, 0.15) is 0 Å². The van der Waals surface area contributed by atoms with E-state index in [0.717, 1.165) is 33.5 Å². The van der Waals surface area contributed by atoms with Gasteiger partial charge in [-0.1, -0.05) is 12.1 Å². The zero-order valence-corrected chi connectivity index (χ0v) is 13.8. The summed E-state index contributed by atoms with van der Waals surface area (Å²) < 4.78 is 10.8. The van der Waals surface area contributed by atoms with Gasteiger partial charge in [-0.3, -0.25) is 0 Å². The standard InChI is InChI=1S/C19H20N2O2/c1-21(2)15-7-5-6-13(10-15)18-12-14-11-16(22-3)8-9-17(14)19(20-18)23-4/h5-12H,1-4H3. The van der Waals surface area contributed by atoms with Gasteiger partial charge in [-0.05, 0) is 41.8 Å². The van der Waals surface area contributed by atoms with Gasteiger partial charge in [0.25, 0.3) is 0 Å². The van der Waals surface area contributed by atoms with Crippen LogP contribution in [-0.4, -0.2) is 33.3 Å². The molecule has 0 unspecified atom stereocenters. The molecular formula is C19H20N2O2. The summed E-state index contributed by atoms with van der Waals surface area (Å²) in [5, 5.41) is 2.02. The maximum Gasteiger partial charge on any atom is 0.221 e. The lowest BCUT2D eigenvalue weighted by Crippen LogP contribution is -2.08. The van der Waals surface area contributed by atoms with Gasteiger partial charge in [0.1, 0.15) is 5.75 Å². The van der Waals surface area contributed by atoms with Crippen molar-refractivity contribution < 1.29 is 9.47 Å². The fourth-order valence-electron chi connectivity index (χ4n) is 2.58. The van der Waals surface area contributed by atoms with E-state index in [9.17, 15) is 0 Å². The molecule has 0 aliphatic rings. The Morgan fingerprint density at radius 2 is 1.74 bits per heavy atom. The fraction of sp³-hybridized carbons (Fsp3) is 0.211. The van der Waals surface area contributed by atoms with Crippen LogP contribution in [0.15, 0.2) is 48.5 Å². The van der Waals surface area contributed by atoms with Crippen molar-refractivity contribution >= 4 is 16.5 Å². The van der Waals surface area contributed by atoms with Crippen molar-refractivity contribution in [1.82, 2.24) is 4.98 Å². The number of ether oxygens (including phenoxy) is 2. The van der Waals surface area contributed by atoms with Crippen LogP contribution in [0.3, 0.4) is 0 Å². The van der Waals surface area contributed by atoms with Gasteiger partial charge in [0.05, 0.1) is 19.9 Å². The molecule has 0 fully saturated rings. The lowest BCUT2D eigenvalue weighted by atomic mass is 10.1. The first-order valence-electron chi connectivity index (χ1n) is 7.43. The molecule has 0 aliphatic carbocycles. The number of methoxy groups -OCH3 is 2. The molecule has 0 aliphatic heterocycles. The quantitative estimate of drug-likeness (QED) is 0.730. The Kier molecular flexibility index (Phi) is 4.06. The summed E-state index contributed by atoms with van der Waals surface area (Å²) in [6, 6.07) is 16.2. The highest BCUT2D eigenvalue weighted by molar-refractivity contribution is 5.91. The van der Waals surface area contributed by atoms with E-state index in [2.05, 4.69) is 34.1 Å². The number of aromatic nitrogens is 1. The number of benzene rings is 2. The average molecular weight is 308 g/mol. The highest BCUT2D eigenvalue weighted by Crippen LogP contribution is 2.32. The lowest BCUT2D eigenvalue weighted by Gasteiger charge is -2.14. The van der Waals surface area contributed by atoms with Crippen molar-refractivity contribution in [3.63, 3.8) is 0 Å². The average Bonchev–Trinajstić information content (AvgIpc) is 2.60. The minimum absolute atomic E-state index is 0.621. The van der Waals surface area contributed by atoms with Gasteiger partial charge >= 0.3 is 0 Å². The summed E-state index contributed by atoms with van der Waals surface area (Å²) in [5.41, 5.74) is 3.07. The highest BCUT2D eigenvalue weighted by atomic mass is 16.5. The maximum atomic E-state index is 5.48. The lowest BCUT2D eigenvalue weighted by molar-refractivity contribution is 0.403. The zero-order chi connectivity index (χ0) is 16.4. The molecule has 1 heterocycles. The first-order chi connectivity index (χ1) is 11.1. The topological polar surface area (TPSA) is 34.6 Å². The second-order valence-electron chi connectivity index (χ2n) is 5.55. The molecule has 0 N–H and O–H groups in total. The third-order valence-electron chi connectivity index (χ3n) is 3.86. The van der Waals surface area contributed by atoms with Crippen molar-refractivity contribution in [1.29, 1.82) is 0 Å². The van der Waals surface area contributed by atoms with Gasteiger partial charge < -0.3 is 14.4 Å². The molecule has 0 spiro atoms. The van der Waals surface area contributed by atoms with Gasteiger partial charge in [0, 0.05) is 30.7 Å². The summed E-state index contributed by atoms with van der Waals surface area (Å²) in [6.07, 6.45) is 0. The largest absolute Gasteiger partial charge is 0.497 e. The van der Waals surface area contributed by atoms with E-state index in [1.54, 1.807) is 14.2 Å². The van der Waals surface area contributed by atoms with Gasteiger partial charge in [0.15, 0.2) is 0 Å². The number of nitrogens with zero attached hydrogens (tertiary/aromatic N) is 2. The highest BCUT2D eigenvalue weighted by Gasteiger charge is 2.10.